The van der Waals surface area contributed by atoms with Gasteiger partial charge in [-0.05, 0) is 48.7 Å². The van der Waals surface area contributed by atoms with Crippen molar-refractivity contribution in [2.75, 3.05) is 22.4 Å². The van der Waals surface area contributed by atoms with Crippen molar-refractivity contribution in [2.45, 2.75) is 25.7 Å². The highest BCUT2D eigenvalue weighted by Gasteiger charge is 2.33. The number of nitrogens with zero attached hydrogens (tertiary/aromatic N) is 1. The van der Waals surface area contributed by atoms with Crippen LogP contribution in [0.1, 0.15) is 24.8 Å². The van der Waals surface area contributed by atoms with E-state index in [4.69, 9.17) is 11.6 Å². The first-order valence-electron chi connectivity index (χ1n) is 11.8. The van der Waals surface area contributed by atoms with Gasteiger partial charge >= 0.3 is 0 Å². The number of sulfonamides is 1. The van der Waals surface area contributed by atoms with Gasteiger partial charge in [-0.2, -0.15) is 0 Å². The van der Waals surface area contributed by atoms with Crippen molar-refractivity contribution in [1.82, 2.24) is 0 Å². The lowest BCUT2D eigenvalue weighted by Gasteiger charge is -2.32. The summed E-state index contributed by atoms with van der Waals surface area (Å²) in [6, 6.07) is 12.5. The maximum absolute atomic E-state index is 15.3. The molecule has 1 aliphatic rings. The van der Waals surface area contributed by atoms with Gasteiger partial charge in [0.15, 0.2) is 11.6 Å². The Balaban J connectivity index is 1.55. The molecule has 3 aromatic rings. The van der Waals surface area contributed by atoms with Crippen molar-refractivity contribution >= 4 is 44.7 Å². The van der Waals surface area contributed by atoms with Crippen LogP contribution in [-0.4, -0.2) is 32.9 Å². The highest BCUT2D eigenvalue weighted by Crippen LogP contribution is 2.36. The molecular formula is C27H24ClF3N2O4S. The Bertz CT molecular complexity index is 1510. The van der Waals surface area contributed by atoms with Crippen LogP contribution in [0.3, 0.4) is 0 Å². The Morgan fingerprint density at radius 2 is 1.79 bits per heavy atom. The van der Waals surface area contributed by atoms with Gasteiger partial charge in [-0.3, -0.25) is 14.3 Å². The van der Waals surface area contributed by atoms with E-state index in [0.717, 1.165) is 17.2 Å². The van der Waals surface area contributed by atoms with Gasteiger partial charge in [0.1, 0.15) is 11.6 Å². The van der Waals surface area contributed by atoms with Gasteiger partial charge in [0, 0.05) is 41.5 Å². The zero-order valence-corrected chi connectivity index (χ0v) is 21.9. The standard InChI is InChI=1S/C27H24ClF3N2O4S/c1-38(36,37)32-23-7-3-2-6-20(23)21-10-11-24(26(31)25(21)30)33-12-4-5-17(27(33)35)14-19(34)13-16-8-9-18(28)15-22(16)29/h2-3,6-11,15,17,32H,4-5,12-14H2,1H3/t17-/m0/s1. The first-order valence-corrected chi connectivity index (χ1v) is 14.0. The molecule has 1 N–H and O–H groups in total. The van der Waals surface area contributed by atoms with Gasteiger partial charge in [-0.25, -0.2) is 21.6 Å². The number of carbonyl (C=O) groups excluding carboxylic acids is 2. The number of rotatable bonds is 8. The van der Waals surface area contributed by atoms with Crippen molar-refractivity contribution in [3.63, 3.8) is 0 Å². The minimum atomic E-state index is -3.68. The molecule has 1 heterocycles. The topological polar surface area (TPSA) is 83.6 Å². The molecule has 6 nitrogen and oxygen atoms in total. The summed E-state index contributed by atoms with van der Waals surface area (Å²) in [7, 11) is -3.68. The maximum atomic E-state index is 15.3. The minimum absolute atomic E-state index is 0.0748. The van der Waals surface area contributed by atoms with Crippen LogP contribution in [-0.2, 0) is 26.0 Å². The number of piperidine rings is 1. The molecule has 0 bridgehead atoms. The second kappa shape index (κ2) is 11.2. The predicted molar refractivity (Wildman–Crippen MR) is 140 cm³/mol. The molecule has 0 aromatic heterocycles. The molecule has 0 aliphatic carbocycles. The molecule has 1 atom stereocenters. The number of anilines is 2. The summed E-state index contributed by atoms with van der Waals surface area (Å²) in [6.45, 7) is 0.136. The molecule has 4 rings (SSSR count). The van der Waals surface area contributed by atoms with Gasteiger partial charge in [0.05, 0.1) is 17.6 Å². The molecule has 0 saturated carbocycles. The van der Waals surface area contributed by atoms with E-state index in [1.807, 2.05) is 0 Å². The summed E-state index contributed by atoms with van der Waals surface area (Å²) in [5, 5.41) is 0.201. The van der Waals surface area contributed by atoms with Crippen molar-refractivity contribution in [3.05, 3.63) is 82.6 Å². The van der Waals surface area contributed by atoms with Crippen LogP contribution in [0.15, 0.2) is 54.6 Å². The lowest BCUT2D eigenvalue weighted by Crippen LogP contribution is -2.42. The van der Waals surface area contributed by atoms with E-state index in [-0.39, 0.29) is 58.3 Å². The van der Waals surface area contributed by atoms with Gasteiger partial charge in [-0.15, -0.1) is 0 Å². The Kier molecular flexibility index (Phi) is 8.13. The fraction of sp³-hybridized carbons (Fsp3) is 0.259. The van der Waals surface area contributed by atoms with Crippen LogP contribution in [0.4, 0.5) is 24.5 Å². The number of carbonyl (C=O) groups is 2. The van der Waals surface area contributed by atoms with Crippen LogP contribution < -0.4 is 9.62 Å². The van der Waals surface area contributed by atoms with Crippen LogP contribution in [0, 0.1) is 23.4 Å². The number of ketones is 1. The Morgan fingerprint density at radius 1 is 1.05 bits per heavy atom. The molecule has 0 radical (unpaired) electrons. The normalized spacial score (nSPS) is 16.0. The molecule has 1 fully saturated rings. The third-order valence-electron chi connectivity index (χ3n) is 6.29. The van der Waals surface area contributed by atoms with Crippen LogP contribution in [0.25, 0.3) is 11.1 Å². The molecule has 1 saturated heterocycles. The van der Waals surface area contributed by atoms with Crippen LogP contribution >= 0.6 is 11.6 Å². The zero-order chi connectivity index (χ0) is 27.6. The number of hydrogen-bond acceptors (Lipinski definition) is 4. The molecule has 1 amide bonds. The monoisotopic (exact) mass is 564 g/mol. The average molecular weight is 565 g/mol. The zero-order valence-electron chi connectivity index (χ0n) is 20.3. The smallest absolute Gasteiger partial charge is 0.230 e. The summed E-state index contributed by atoms with van der Waals surface area (Å²) >= 11 is 5.74. The highest BCUT2D eigenvalue weighted by atomic mass is 35.5. The van der Waals surface area contributed by atoms with E-state index in [2.05, 4.69) is 4.72 Å². The molecule has 0 spiro atoms. The van der Waals surface area contributed by atoms with E-state index < -0.39 is 39.3 Å². The largest absolute Gasteiger partial charge is 0.309 e. The molecular weight excluding hydrogens is 541 g/mol. The summed E-state index contributed by atoms with van der Waals surface area (Å²) in [4.78, 5) is 26.9. The number of para-hydroxylation sites is 1. The first kappa shape index (κ1) is 27.7. The summed E-state index contributed by atoms with van der Waals surface area (Å²) in [5.41, 5.74) is -0.0895. The molecule has 1 aliphatic heterocycles. The maximum Gasteiger partial charge on any atom is 0.230 e. The lowest BCUT2D eigenvalue weighted by atomic mass is 9.89. The lowest BCUT2D eigenvalue weighted by molar-refractivity contribution is -0.128. The number of hydrogen-bond donors (Lipinski definition) is 1. The van der Waals surface area contributed by atoms with E-state index in [0.29, 0.717) is 12.8 Å². The minimum Gasteiger partial charge on any atom is -0.309 e. The van der Waals surface area contributed by atoms with Crippen LogP contribution in [0.5, 0.6) is 0 Å². The quantitative estimate of drug-likeness (QED) is 0.378. The fourth-order valence-electron chi connectivity index (χ4n) is 4.57. The predicted octanol–water partition coefficient (Wildman–Crippen LogP) is 5.74. The summed E-state index contributed by atoms with van der Waals surface area (Å²) < 4.78 is 70.3. The van der Waals surface area contributed by atoms with E-state index in [1.54, 1.807) is 12.1 Å². The van der Waals surface area contributed by atoms with Crippen molar-refractivity contribution < 1.29 is 31.2 Å². The second-order valence-electron chi connectivity index (χ2n) is 9.16. The number of amides is 1. The first-order chi connectivity index (χ1) is 17.9. The number of Topliss-reactive ketones (excluding diaryl/α,β-unsaturated/α-hetero) is 1. The molecule has 200 valence electrons. The third-order valence-corrected chi connectivity index (χ3v) is 7.12. The average Bonchev–Trinajstić information content (AvgIpc) is 2.84. The number of nitrogens with one attached hydrogen (secondary N) is 1. The fourth-order valence-corrected chi connectivity index (χ4v) is 5.30. The van der Waals surface area contributed by atoms with Crippen LogP contribution in [0.2, 0.25) is 5.02 Å². The third kappa shape index (κ3) is 6.19. The van der Waals surface area contributed by atoms with Gasteiger partial charge in [0.25, 0.3) is 0 Å². The molecule has 3 aromatic carbocycles. The number of halogens is 4. The van der Waals surface area contributed by atoms with E-state index in [1.165, 1.54) is 36.4 Å². The Hall–Kier alpha value is -3.37. The van der Waals surface area contributed by atoms with Gasteiger partial charge in [-0.1, -0.05) is 35.9 Å². The van der Waals surface area contributed by atoms with Crippen molar-refractivity contribution in [3.8, 4) is 11.1 Å². The van der Waals surface area contributed by atoms with Gasteiger partial charge in [0.2, 0.25) is 15.9 Å². The summed E-state index contributed by atoms with van der Waals surface area (Å²) in [6.07, 6.45) is 1.41. The highest BCUT2D eigenvalue weighted by molar-refractivity contribution is 7.92. The second-order valence-corrected chi connectivity index (χ2v) is 11.3. The Labute approximate surface area is 223 Å². The van der Waals surface area contributed by atoms with Gasteiger partial charge < -0.3 is 4.90 Å². The summed E-state index contributed by atoms with van der Waals surface area (Å²) in [5.74, 6) is -4.76. The molecule has 11 heteroatoms. The van der Waals surface area contributed by atoms with Crippen molar-refractivity contribution in [2.24, 2.45) is 5.92 Å². The molecule has 38 heavy (non-hydrogen) atoms. The van der Waals surface area contributed by atoms with E-state index in [9.17, 15) is 22.4 Å². The molecule has 0 unspecified atom stereocenters. The van der Waals surface area contributed by atoms with E-state index >= 15 is 8.78 Å². The van der Waals surface area contributed by atoms with Crippen molar-refractivity contribution in [1.29, 1.82) is 0 Å². The SMILES string of the molecule is CS(=O)(=O)Nc1ccccc1-c1ccc(N2CCC[C@@H](CC(=O)Cc3ccc(Cl)cc3F)C2=O)c(F)c1F. The Morgan fingerprint density at radius 3 is 2.50 bits per heavy atom. The number of benzene rings is 3.